The van der Waals surface area contributed by atoms with Gasteiger partial charge >= 0.3 is 0 Å². The Hall–Kier alpha value is -2.24. The van der Waals surface area contributed by atoms with Gasteiger partial charge in [0, 0.05) is 10.6 Å². The highest BCUT2D eigenvalue weighted by molar-refractivity contribution is 6.30. The van der Waals surface area contributed by atoms with Gasteiger partial charge in [-0.3, -0.25) is 4.79 Å². The van der Waals surface area contributed by atoms with E-state index >= 15 is 0 Å². The first-order chi connectivity index (χ1) is 12.7. The molecule has 6 heteroatoms. The lowest BCUT2D eigenvalue weighted by Gasteiger charge is -2.32. The van der Waals surface area contributed by atoms with Crippen molar-refractivity contribution in [2.75, 3.05) is 39.9 Å². The fraction of sp³-hybridized carbons (Fsp3) is 0.350. The topological polar surface area (TPSA) is 43.2 Å². The highest BCUT2D eigenvalue weighted by Gasteiger charge is 2.24. The number of methoxy groups -OCH3 is 1. The van der Waals surface area contributed by atoms with Gasteiger partial charge in [0.2, 0.25) is 0 Å². The van der Waals surface area contributed by atoms with Crippen LogP contribution in [0.4, 0.5) is 0 Å². The van der Waals surface area contributed by atoms with E-state index in [1.807, 2.05) is 23.1 Å². The SMILES string of the molecule is COc1ccccc1C[NH+]1CCN(C(=O)COc2ccc(Cl)cc2)CC1. The molecular formula is C20H24ClN2O3+. The number of carbonyl (C=O) groups is 1. The fourth-order valence-corrected chi connectivity index (χ4v) is 3.26. The fourth-order valence-electron chi connectivity index (χ4n) is 3.13. The molecule has 0 spiro atoms. The number of quaternary nitrogens is 1. The normalized spacial score (nSPS) is 14.9. The van der Waals surface area contributed by atoms with Crippen LogP contribution in [0.15, 0.2) is 48.5 Å². The number of hydrogen-bond acceptors (Lipinski definition) is 3. The Morgan fingerprint density at radius 3 is 2.50 bits per heavy atom. The molecule has 0 radical (unpaired) electrons. The lowest BCUT2D eigenvalue weighted by atomic mass is 10.1. The smallest absolute Gasteiger partial charge is 0.260 e. The molecule has 0 bridgehead atoms. The van der Waals surface area contributed by atoms with Gasteiger partial charge in [-0.15, -0.1) is 0 Å². The number of ether oxygens (including phenoxy) is 2. The first-order valence-electron chi connectivity index (χ1n) is 8.77. The predicted octanol–water partition coefficient (Wildman–Crippen LogP) is 1.65. The number of amides is 1. The van der Waals surface area contributed by atoms with Gasteiger partial charge in [0.1, 0.15) is 18.0 Å². The lowest BCUT2D eigenvalue weighted by molar-refractivity contribution is -0.917. The third kappa shape index (κ3) is 4.90. The van der Waals surface area contributed by atoms with E-state index in [0.717, 1.165) is 38.5 Å². The number of benzene rings is 2. The van der Waals surface area contributed by atoms with Gasteiger partial charge in [0.05, 0.1) is 33.3 Å². The molecule has 0 aliphatic carbocycles. The number of hydrogen-bond donors (Lipinski definition) is 1. The minimum absolute atomic E-state index is 0.0243. The van der Waals surface area contributed by atoms with Crippen molar-refractivity contribution in [1.29, 1.82) is 0 Å². The molecule has 1 fully saturated rings. The molecule has 2 aromatic carbocycles. The largest absolute Gasteiger partial charge is 0.496 e. The van der Waals surface area contributed by atoms with Crippen molar-refractivity contribution in [3.8, 4) is 11.5 Å². The molecule has 0 aromatic heterocycles. The molecule has 1 aliphatic rings. The molecule has 5 nitrogen and oxygen atoms in total. The van der Waals surface area contributed by atoms with Gasteiger partial charge in [-0.25, -0.2) is 0 Å². The zero-order valence-electron chi connectivity index (χ0n) is 14.9. The van der Waals surface area contributed by atoms with Gasteiger partial charge in [0.25, 0.3) is 5.91 Å². The Labute approximate surface area is 159 Å². The van der Waals surface area contributed by atoms with Gasteiger partial charge in [0.15, 0.2) is 6.61 Å². The number of rotatable bonds is 6. The summed E-state index contributed by atoms with van der Waals surface area (Å²) < 4.78 is 11.0. The summed E-state index contributed by atoms with van der Waals surface area (Å²) in [6.45, 7) is 4.30. The van der Waals surface area contributed by atoms with Crippen LogP contribution < -0.4 is 14.4 Å². The van der Waals surface area contributed by atoms with Crippen molar-refractivity contribution in [2.24, 2.45) is 0 Å². The maximum absolute atomic E-state index is 12.3. The van der Waals surface area contributed by atoms with E-state index in [4.69, 9.17) is 21.1 Å². The van der Waals surface area contributed by atoms with Crippen LogP contribution in [0.3, 0.4) is 0 Å². The number of nitrogens with one attached hydrogen (secondary N) is 1. The molecule has 2 aromatic rings. The van der Waals surface area contributed by atoms with E-state index in [1.165, 1.54) is 10.5 Å². The second kappa shape index (κ2) is 8.92. The summed E-state index contributed by atoms with van der Waals surface area (Å²) in [5.41, 5.74) is 1.20. The number of piperazine rings is 1. The van der Waals surface area contributed by atoms with Crippen LogP contribution >= 0.6 is 11.6 Å². The van der Waals surface area contributed by atoms with E-state index in [2.05, 4.69) is 6.07 Å². The Morgan fingerprint density at radius 2 is 1.81 bits per heavy atom. The van der Waals surface area contributed by atoms with Crippen molar-refractivity contribution in [3.05, 3.63) is 59.1 Å². The minimum Gasteiger partial charge on any atom is -0.496 e. The molecule has 3 rings (SSSR count). The molecule has 1 amide bonds. The highest BCUT2D eigenvalue weighted by atomic mass is 35.5. The third-order valence-corrected chi connectivity index (χ3v) is 4.88. The average Bonchev–Trinajstić information content (AvgIpc) is 2.68. The van der Waals surface area contributed by atoms with E-state index in [0.29, 0.717) is 10.8 Å². The summed E-state index contributed by atoms with van der Waals surface area (Å²) in [6, 6.07) is 15.1. The molecule has 138 valence electrons. The van der Waals surface area contributed by atoms with E-state index < -0.39 is 0 Å². The van der Waals surface area contributed by atoms with Crippen LogP contribution in [-0.4, -0.2) is 50.7 Å². The molecule has 1 aliphatic heterocycles. The van der Waals surface area contributed by atoms with Crippen molar-refractivity contribution < 1.29 is 19.2 Å². The zero-order valence-corrected chi connectivity index (χ0v) is 15.7. The third-order valence-electron chi connectivity index (χ3n) is 4.63. The molecular weight excluding hydrogens is 352 g/mol. The van der Waals surface area contributed by atoms with Crippen LogP contribution in [0.25, 0.3) is 0 Å². The minimum atomic E-state index is 0.0243. The van der Waals surface area contributed by atoms with Gasteiger partial charge in [-0.05, 0) is 36.4 Å². The van der Waals surface area contributed by atoms with Crippen molar-refractivity contribution in [2.45, 2.75) is 6.54 Å². The molecule has 0 unspecified atom stereocenters. The van der Waals surface area contributed by atoms with E-state index in [9.17, 15) is 4.79 Å². The predicted molar refractivity (Wildman–Crippen MR) is 101 cm³/mol. The van der Waals surface area contributed by atoms with Crippen molar-refractivity contribution in [3.63, 3.8) is 0 Å². The van der Waals surface area contributed by atoms with Crippen LogP contribution in [-0.2, 0) is 11.3 Å². The van der Waals surface area contributed by atoms with Crippen LogP contribution in [0.1, 0.15) is 5.56 Å². The average molecular weight is 376 g/mol. The zero-order chi connectivity index (χ0) is 18.4. The summed E-state index contributed by atoms with van der Waals surface area (Å²) in [7, 11) is 1.70. The van der Waals surface area contributed by atoms with Crippen molar-refractivity contribution >= 4 is 17.5 Å². The van der Waals surface area contributed by atoms with E-state index in [-0.39, 0.29) is 12.5 Å². The second-order valence-corrected chi connectivity index (χ2v) is 6.80. The standard InChI is InChI=1S/C20H23ClN2O3/c1-25-19-5-3-2-4-16(19)14-22-10-12-23(13-11-22)20(24)15-26-18-8-6-17(21)7-9-18/h2-9H,10-15H2,1H3/p+1. The summed E-state index contributed by atoms with van der Waals surface area (Å²) in [6.07, 6.45) is 0. The highest BCUT2D eigenvalue weighted by Crippen LogP contribution is 2.16. The summed E-state index contributed by atoms with van der Waals surface area (Å²) in [5, 5.41) is 0.651. The molecule has 0 saturated carbocycles. The van der Waals surface area contributed by atoms with Gasteiger partial charge < -0.3 is 19.3 Å². The summed E-state index contributed by atoms with van der Waals surface area (Å²) in [4.78, 5) is 15.7. The Morgan fingerprint density at radius 1 is 1.12 bits per heavy atom. The number of halogens is 1. The van der Waals surface area contributed by atoms with Gasteiger partial charge in [-0.1, -0.05) is 23.7 Å². The maximum atomic E-state index is 12.3. The number of nitrogens with zero attached hydrogens (tertiary/aromatic N) is 1. The Bertz CT molecular complexity index is 728. The first kappa shape index (κ1) is 18.5. The quantitative estimate of drug-likeness (QED) is 0.835. The van der Waals surface area contributed by atoms with Gasteiger partial charge in [-0.2, -0.15) is 0 Å². The van der Waals surface area contributed by atoms with Crippen molar-refractivity contribution in [1.82, 2.24) is 4.90 Å². The summed E-state index contributed by atoms with van der Waals surface area (Å²) in [5.74, 6) is 1.61. The van der Waals surface area contributed by atoms with Crippen LogP contribution in [0.5, 0.6) is 11.5 Å². The molecule has 1 heterocycles. The van der Waals surface area contributed by atoms with Crippen LogP contribution in [0.2, 0.25) is 5.02 Å². The molecule has 1 saturated heterocycles. The monoisotopic (exact) mass is 375 g/mol. The molecule has 1 N–H and O–H groups in total. The van der Waals surface area contributed by atoms with Crippen LogP contribution in [0, 0.1) is 0 Å². The lowest BCUT2D eigenvalue weighted by Crippen LogP contribution is -3.13. The summed E-state index contributed by atoms with van der Waals surface area (Å²) >= 11 is 5.85. The number of carbonyl (C=O) groups excluding carboxylic acids is 1. The maximum Gasteiger partial charge on any atom is 0.260 e. The van der Waals surface area contributed by atoms with E-state index in [1.54, 1.807) is 31.4 Å². The second-order valence-electron chi connectivity index (χ2n) is 6.36. The Kier molecular flexibility index (Phi) is 6.36. The first-order valence-corrected chi connectivity index (χ1v) is 9.15. The Balaban J connectivity index is 1.45. The number of para-hydroxylation sites is 1. The molecule has 26 heavy (non-hydrogen) atoms. The molecule has 0 atom stereocenters.